The zero-order chi connectivity index (χ0) is 14.5. The van der Waals surface area contributed by atoms with Crippen molar-refractivity contribution in [2.24, 2.45) is 0 Å². The summed E-state index contributed by atoms with van der Waals surface area (Å²) in [5.74, 6) is 0.868. The van der Waals surface area contributed by atoms with E-state index in [1.807, 2.05) is 31.2 Å². The van der Waals surface area contributed by atoms with Gasteiger partial charge in [0.1, 0.15) is 5.75 Å². The average molecular weight is 338 g/mol. The third-order valence-electron chi connectivity index (χ3n) is 3.03. The fourth-order valence-corrected chi connectivity index (χ4v) is 2.23. The Morgan fingerprint density at radius 3 is 2.50 bits per heavy atom. The minimum Gasteiger partial charge on any atom is -0.497 e. The highest BCUT2D eigenvalue weighted by atomic mass is 79.9. The fraction of sp³-hybridized carbons (Fsp3) is 0.267. The van der Waals surface area contributed by atoms with Gasteiger partial charge in [0, 0.05) is 0 Å². The van der Waals surface area contributed by atoms with E-state index in [2.05, 4.69) is 21.2 Å². The molecule has 106 valence electrons. The first-order chi connectivity index (χ1) is 9.63. The van der Waals surface area contributed by atoms with Crippen LogP contribution in [0.15, 0.2) is 45.5 Å². The van der Waals surface area contributed by atoms with Crippen LogP contribution in [0.1, 0.15) is 35.5 Å². The molecule has 1 aromatic carbocycles. The molecular formula is C15H16BrNO3. The van der Waals surface area contributed by atoms with Crippen LogP contribution in [0.25, 0.3) is 0 Å². The van der Waals surface area contributed by atoms with Crippen molar-refractivity contribution in [3.63, 3.8) is 0 Å². The van der Waals surface area contributed by atoms with Gasteiger partial charge in [0.05, 0.1) is 13.2 Å². The van der Waals surface area contributed by atoms with Crippen molar-refractivity contribution >= 4 is 21.8 Å². The number of ether oxygens (including phenoxy) is 1. The van der Waals surface area contributed by atoms with E-state index in [4.69, 9.17) is 9.15 Å². The van der Waals surface area contributed by atoms with Crippen molar-refractivity contribution in [2.45, 2.75) is 19.4 Å². The van der Waals surface area contributed by atoms with E-state index in [0.717, 1.165) is 17.7 Å². The Hall–Kier alpha value is -1.75. The largest absolute Gasteiger partial charge is 0.497 e. The number of hydrogen-bond acceptors (Lipinski definition) is 3. The van der Waals surface area contributed by atoms with Crippen molar-refractivity contribution in [3.05, 3.63) is 52.4 Å². The van der Waals surface area contributed by atoms with Crippen LogP contribution in [0, 0.1) is 0 Å². The van der Waals surface area contributed by atoms with Gasteiger partial charge >= 0.3 is 0 Å². The molecule has 0 radical (unpaired) electrons. The van der Waals surface area contributed by atoms with E-state index in [1.165, 1.54) is 0 Å². The van der Waals surface area contributed by atoms with Gasteiger partial charge in [0.2, 0.25) is 0 Å². The van der Waals surface area contributed by atoms with Crippen LogP contribution in [0.5, 0.6) is 5.75 Å². The number of hydrogen-bond donors (Lipinski definition) is 1. The molecule has 1 amide bonds. The molecule has 1 atom stereocenters. The molecule has 4 nitrogen and oxygen atoms in total. The van der Waals surface area contributed by atoms with Crippen molar-refractivity contribution < 1.29 is 13.9 Å². The monoisotopic (exact) mass is 337 g/mol. The number of carbonyl (C=O) groups is 1. The van der Waals surface area contributed by atoms with Gasteiger partial charge in [-0.3, -0.25) is 4.79 Å². The van der Waals surface area contributed by atoms with Crippen molar-refractivity contribution in [1.82, 2.24) is 5.32 Å². The number of rotatable bonds is 5. The summed E-state index contributed by atoms with van der Waals surface area (Å²) in [6, 6.07) is 10.9. The zero-order valence-corrected chi connectivity index (χ0v) is 12.9. The van der Waals surface area contributed by atoms with Crippen LogP contribution in [-0.2, 0) is 0 Å². The van der Waals surface area contributed by atoms with E-state index < -0.39 is 0 Å². The van der Waals surface area contributed by atoms with Crippen molar-refractivity contribution in [1.29, 1.82) is 0 Å². The molecule has 1 N–H and O–H groups in total. The van der Waals surface area contributed by atoms with E-state index in [0.29, 0.717) is 10.4 Å². The van der Waals surface area contributed by atoms with E-state index >= 15 is 0 Å². The second-order valence-electron chi connectivity index (χ2n) is 4.31. The van der Waals surface area contributed by atoms with Gasteiger partial charge < -0.3 is 14.5 Å². The molecule has 0 fully saturated rings. The smallest absolute Gasteiger partial charge is 0.287 e. The van der Waals surface area contributed by atoms with Crippen LogP contribution < -0.4 is 10.1 Å². The minimum absolute atomic E-state index is 0.0581. The molecule has 0 saturated carbocycles. The lowest BCUT2D eigenvalue weighted by Gasteiger charge is -2.17. The molecule has 0 aliphatic heterocycles. The van der Waals surface area contributed by atoms with Gasteiger partial charge in [0.15, 0.2) is 10.4 Å². The Kier molecular flexibility index (Phi) is 4.84. The number of amides is 1. The SMILES string of the molecule is CCC(NC(=O)c1ccc(Br)o1)c1ccc(OC)cc1. The Labute approximate surface area is 126 Å². The van der Waals surface area contributed by atoms with Crippen molar-refractivity contribution in [3.8, 4) is 5.75 Å². The number of carbonyl (C=O) groups excluding carboxylic acids is 1. The lowest BCUT2D eigenvalue weighted by atomic mass is 10.0. The quantitative estimate of drug-likeness (QED) is 0.899. The molecule has 2 aromatic rings. The zero-order valence-electron chi connectivity index (χ0n) is 11.4. The standard InChI is InChI=1S/C15H16BrNO3/c1-3-12(10-4-6-11(19-2)7-5-10)17-15(18)13-8-9-14(16)20-13/h4-9,12H,3H2,1-2H3,(H,17,18). The van der Waals surface area contributed by atoms with Crippen molar-refractivity contribution in [2.75, 3.05) is 7.11 Å². The van der Waals surface area contributed by atoms with Gasteiger partial charge in [-0.2, -0.15) is 0 Å². The summed E-state index contributed by atoms with van der Waals surface area (Å²) in [6.07, 6.45) is 0.792. The second-order valence-corrected chi connectivity index (χ2v) is 5.09. The average Bonchev–Trinajstić information content (AvgIpc) is 2.91. The molecule has 0 bridgehead atoms. The summed E-state index contributed by atoms with van der Waals surface area (Å²) in [5.41, 5.74) is 1.03. The van der Waals surface area contributed by atoms with Crippen LogP contribution >= 0.6 is 15.9 Å². The predicted molar refractivity (Wildman–Crippen MR) is 79.9 cm³/mol. The summed E-state index contributed by atoms with van der Waals surface area (Å²) < 4.78 is 10.9. The summed E-state index contributed by atoms with van der Waals surface area (Å²) >= 11 is 3.18. The topological polar surface area (TPSA) is 51.5 Å². The lowest BCUT2D eigenvalue weighted by Crippen LogP contribution is -2.27. The van der Waals surface area contributed by atoms with Gasteiger partial charge in [-0.25, -0.2) is 0 Å². The van der Waals surface area contributed by atoms with E-state index in [-0.39, 0.29) is 11.9 Å². The first kappa shape index (κ1) is 14.7. The highest BCUT2D eigenvalue weighted by Gasteiger charge is 2.16. The molecule has 0 aliphatic rings. The highest BCUT2D eigenvalue weighted by Crippen LogP contribution is 2.21. The van der Waals surface area contributed by atoms with Crippen LogP contribution in [0.4, 0.5) is 0 Å². The van der Waals surface area contributed by atoms with Crippen LogP contribution in [-0.4, -0.2) is 13.0 Å². The van der Waals surface area contributed by atoms with E-state index in [9.17, 15) is 4.79 Å². The third-order valence-corrected chi connectivity index (χ3v) is 3.45. The maximum Gasteiger partial charge on any atom is 0.287 e. The van der Waals surface area contributed by atoms with Gasteiger partial charge in [-0.15, -0.1) is 0 Å². The normalized spacial score (nSPS) is 11.9. The molecular weight excluding hydrogens is 322 g/mol. The molecule has 0 saturated heterocycles. The Morgan fingerprint density at radius 2 is 2.00 bits per heavy atom. The summed E-state index contributed by atoms with van der Waals surface area (Å²) in [6.45, 7) is 2.02. The minimum atomic E-state index is -0.224. The maximum atomic E-state index is 12.1. The van der Waals surface area contributed by atoms with Crippen LogP contribution in [0.3, 0.4) is 0 Å². The van der Waals surface area contributed by atoms with Gasteiger partial charge in [-0.1, -0.05) is 19.1 Å². The summed E-state index contributed by atoms with van der Waals surface area (Å²) in [7, 11) is 1.63. The first-order valence-electron chi connectivity index (χ1n) is 6.34. The molecule has 2 rings (SSSR count). The molecule has 20 heavy (non-hydrogen) atoms. The summed E-state index contributed by atoms with van der Waals surface area (Å²) in [5, 5.41) is 2.96. The Balaban J connectivity index is 2.09. The number of methoxy groups -OCH3 is 1. The lowest BCUT2D eigenvalue weighted by molar-refractivity contribution is 0.0906. The second kappa shape index (κ2) is 6.61. The predicted octanol–water partition coefficient (Wildman–Crippen LogP) is 3.93. The molecule has 1 aromatic heterocycles. The fourth-order valence-electron chi connectivity index (χ4n) is 1.92. The van der Waals surface area contributed by atoms with Gasteiger partial charge in [0.25, 0.3) is 5.91 Å². The van der Waals surface area contributed by atoms with E-state index in [1.54, 1.807) is 19.2 Å². The van der Waals surface area contributed by atoms with Gasteiger partial charge in [-0.05, 0) is 52.2 Å². The molecule has 1 unspecified atom stereocenters. The molecule has 5 heteroatoms. The first-order valence-corrected chi connectivity index (χ1v) is 7.13. The highest BCUT2D eigenvalue weighted by molar-refractivity contribution is 9.10. The Bertz CT molecular complexity index is 577. The molecule has 1 heterocycles. The maximum absolute atomic E-state index is 12.1. The summed E-state index contributed by atoms with van der Waals surface area (Å²) in [4.78, 5) is 12.1. The number of nitrogens with one attached hydrogen (secondary N) is 1. The third kappa shape index (κ3) is 3.42. The number of halogens is 1. The molecule has 0 spiro atoms. The number of benzene rings is 1. The molecule has 0 aliphatic carbocycles. The number of furan rings is 1. The Morgan fingerprint density at radius 1 is 1.30 bits per heavy atom. The van der Waals surface area contributed by atoms with Crippen LogP contribution in [0.2, 0.25) is 0 Å².